The molecule has 1 aliphatic heterocycles. The summed E-state index contributed by atoms with van der Waals surface area (Å²) < 4.78 is 5.56. The van der Waals surface area contributed by atoms with E-state index in [1.54, 1.807) is 30.2 Å². The third kappa shape index (κ3) is 4.20. The van der Waals surface area contributed by atoms with Gasteiger partial charge in [0.05, 0.1) is 15.0 Å². The van der Waals surface area contributed by atoms with Gasteiger partial charge in [0.1, 0.15) is 4.32 Å². The molecule has 1 heterocycles. The fourth-order valence-electron chi connectivity index (χ4n) is 1.81. The molecule has 3 nitrogen and oxygen atoms in total. The van der Waals surface area contributed by atoms with Crippen molar-refractivity contribution >= 4 is 63.5 Å². The van der Waals surface area contributed by atoms with E-state index in [9.17, 15) is 4.79 Å². The molecular weight excluding hydrogens is 349 g/mol. The highest BCUT2D eigenvalue weighted by molar-refractivity contribution is 8.26. The second-order valence-corrected chi connectivity index (χ2v) is 6.84. The molecule has 21 heavy (non-hydrogen) atoms. The van der Waals surface area contributed by atoms with Crippen LogP contribution in [0.1, 0.15) is 12.0 Å². The Bertz CT molecular complexity index is 605. The molecule has 0 saturated carbocycles. The highest BCUT2D eigenvalue weighted by Crippen LogP contribution is 2.33. The topological polar surface area (TPSA) is 29.5 Å². The molecular formula is C14H13Cl2NO2S2. The highest BCUT2D eigenvalue weighted by Gasteiger charge is 2.31. The predicted octanol–water partition coefficient (Wildman–Crippen LogP) is 4.23. The number of halogens is 2. The molecule has 0 aromatic heterocycles. The van der Waals surface area contributed by atoms with Crippen LogP contribution < -0.4 is 0 Å². The van der Waals surface area contributed by atoms with Crippen LogP contribution in [-0.4, -0.2) is 35.4 Å². The van der Waals surface area contributed by atoms with Gasteiger partial charge in [-0.2, -0.15) is 0 Å². The Morgan fingerprint density at radius 2 is 2.14 bits per heavy atom. The average molecular weight is 362 g/mol. The third-order valence-corrected chi connectivity index (χ3v) is 4.96. The van der Waals surface area contributed by atoms with E-state index in [0.717, 1.165) is 12.0 Å². The first-order valence-electron chi connectivity index (χ1n) is 6.22. The van der Waals surface area contributed by atoms with Crippen LogP contribution in [0.5, 0.6) is 0 Å². The molecule has 112 valence electrons. The van der Waals surface area contributed by atoms with Crippen molar-refractivity contribution in [1.29, 1.82) is 0 Å². The molecule has 0 aliphatic carbocycles. The van der Waals surface area contributed by atoms with Gasteiger partial charge in [-0.3, -0.25) is 9.69 Å². The van der Waals surface area contributed by atoms with Gasteiger partial charge in [0, 0.05) is 20.3 Å². The van der Waals surface area contributed by atoms with Crippen molar-refractivity contribution in [2.75, 3.05) is 20.3 Å². The monoisotopic (exact) mass is 361 g/mol. The SMILES string of the molecule is COCCCN1C(=O)C(=Cc2ccc(Cl)c(Cl)c2)SC1=S. The fraction of sp³-hybridized carbons (Fsp3) is 0.286. The van der Waals surface area contributed by atoms with Crippen LogP contribution in [0, 0.1) is 0 Å². The molecule has 0 atom stereocenters. The van der Waals surface area contributed by atoms with Crippen LogP contribution in [0.3, 0.4) is 0 Å². The average Bonchev–Trinajstić information content (AvgIpc) is 2.70. The second kappa shape index (κ2) is 7.61. The second-order valence-electron chi connectivity index (χ2n) is 4.35. The van der Waals surface area contributed by atoms with Crippen LogP contribution in [0.2, 0.25) is 10.0 Å². The minimum absolute atomic E-state index is 0.0767. The first-order valence-corrected chi connectivity index (χ1v) is 8.20. The summed E-state index contributed by atoms with van der Waals surface area (Å²) in [5, 5.41) is 0.946. The summed E-state index contributed by atoms with van der Waals surface area (Å²) in [5.74, 6) is -0.0767. The summed E-state index contributed by atoms with van der Waals surface area (Å²) in [4.78, 5) is 14.5. The Morgan fingerprint density at radius 1 is 1.38 bits per heavy atom. The zero-order valence-electron chi connectivity index (χ0n) is 11.3. The number of thioether (sulfide) groups is 1. The number of nitrogens with zero attached hydrogens (tertiary/aromatic N) is 1. The minimum Gasteiger partial charge on any atom is -0.385 e. The summed E-state index contributed by atoms with van der Waals surface area (Å²) in [7, 11) is 1.63. The quantitative estimate of drug-likeness (QED) is 0.445. The van der Waals surface area contributed by atoms with Crippen molar-refractivity contribution in [1.82, 2.24) is 4.90 Å². The zero-order chi connectivity index (χ0) is 15.4. The number of carbonyl (C=O) groups excluding carboxylic acids is 1. The van der Waals surface area contributed by atoms with Gasteiger partial charge < -0.3 is 4.74 Å². The van der Waals surface area contributed by atoms with E-state index >= 15 is 0 Å². The normalized spacial score (nSPS) is 17.1. The summed E-state index contributed by atoms with van der Waals surface area (Å²) in [6, 6.07) is 5.24. The van der Waals surface area contributed by atoms with Crippen LogP contribution in [0.25, 0.3) is 6.08 Å². The first-order chi connectivity index (χ1) is 10.0. The van der Waals surface area contributed by atoms with E-state index in [1.165, 1.54) is 11.8 Å². The number of rotatable bonds is 5. The van der Waals surface area contributed by atoms with Gasteiger partial charge in [0.2, 0.25) is 0 Å². The summed E-state index contributed by atoms with van der Waals surface area (Å²) in [6.07, 6.45) is 2.53. The third-order valence-electron chi connectivity index (χ3n) is 2.85. The van der Waals surface area contributed by atoms with Crippen molar-refractivity contribution in [2.45, 2.75) is 6.42 Å². The fourth-order valence-corrected chi connectivity index (χ4v) is 3.43. The van der Waals surface area contributed by atoms with E-state index in [0.29, 0.717) is 32.4 Å². The maximum atomic E-state index is 12.3. The van der Waals surface area contributed by atoms with Crippen molar-refractivity contribution in [3.05, 3.63) is 38.7 Å². The Balaban J connectivity index is 2.13. The van der Waals surface area contributed by atoms with Gasteiger partial charge in [0.25, 0.3) is 5.91 Å². The van der Waals surface area contributed by atoms with E-state index in [-0.39, 0.29) is 5.91 Å². The van der Waals surface area contributed by atoms with Crippen LogP contribution in [0.15, 0.2) is 23.1 Å². The van der Waals surface area contributed by atoms with Gasteiger partial charge >= 0.3 is 0 Å². The van der Waals surface area contributed by atoms with Crippen LogP contribution >= 0.6 is 47.2 Å². The Hall–Kier alpha value is -0.590. The molecule has 0 bridgehead atoms. The number of ether oxygens (including phenoxy) is 1. The largest absolute Gasteiger partial charge is 0.385 e. The lowest BCUT2D eigenvalue weighted by molar-refractivity contribution is -0.122. The Labute approximate surface area is 143 Å². The number of benzene rings is 1. The van der Waals surface area contributed by atoms with Crippen molar-refractivity contribution in [3.8, 4) is 0 Å². The number of carbonyl (C=O) groups is 1. The standard InChI is InChI=1S/C14H13Cl2NO2S2/c1-19-6-2-5-17-13(18)12(21-14(17)20)8-9-3-4-10(15)11(16)7-9/h3-4,7-8H,2,5-6H2,1H3. The highest BCUT2D eigenvalue weighted by atomic mass is 35.5. The lowest BCUT2D eigenvalue weighted by Gasteiger charge is -2.13. The smallest absolute Gasteiger partial charge is 0.266 e. The van der Waals surface area contributed by atoms with Gasteiger partial charge in [-0.15, -0.1) is 0 Å². The lowest BCUT2D eigenvalue weighted by atomic mass is 10.2. The Morgan fingerprint density at radius 3 is 2.81 bits per heavy atom. The van der Waals surface area contributed by atoms with E-state index < -0.39 is 0 Å². The minimum atomic E-state index is -0.0767. The Kier molecular flexibility index (Phi) is 6.08. The number of hydrogen-bond acceptors (Lipinski definition) is 4. The van der Waals surface area contributed by atoms with Gasteiger partial charge in [0.15, 0.2) is 0 Å². The summed E-state index contributed by atoms with van der Waals surface area (Å²) in [5.41, 5.74) is 0.821. The molecule has 1 aliphatic rings. The number of hydrogen-bond donors (Lipinski definition) is 0. The molecule has 1 aromatic carbocycles. The molecule has 1 amide bonds. The summed E-state index contributed by atoms with van der Waals surface area (Å²) >= 11 is 18.4. The zero-order valence-corrected chi connectivity index (χ0v) is 14.4. The van der Waals surface area contributed by atoms with E-state index in [1.807, 2.05) is 6.07 Å². The molecule has 1 aromatic rings. The van der Waals surface area contributed by atoms with Crippen molar-refractivity contribution in [2.24, 2.45) is 0 Å². The molecule has 7 heteroatoms. The molecule has 0 unspecified atom stereocenters. The van der Waals surface area contributed by atoms with Crippen molar-refractivity contribution < 1.29 is 9.53 Å². The molecule has 0 spiro atoms. The van der Waals surface area contributed by atoms with Crippen LogP contribution in [-0.2, 0) is 9.53 Å². The summed E-state index contributed by atoms with van der Waals surface area (Å²) in [6.45, 7) is 1.17. The molecule has 0 N–H and O–H groups in total. The number of thiocarbonyl (C=S) groups is 1. The molecule has 2 rings (SSSR count). The van der Waals surface area contributed by atoms with Crippen molar-refractivity contribution in [3.63, 3.8) is 0 Å². The maximum Gasteiger partial charge on any atom is 0.266 e. The van der Waals surface area contributed by atoms with Gasteiger partial charge in [-0.05, 0) is 30.2 Å². The first kappa shape index (κ1) is 16.8. The predicted molar refractivity (Wildman–Crippen MR) is 92.8 cm³/mol. The molecule has 1 saturated heterocycles. The van der Waals surface area contributed by atoms with E-state index in [4.69, 9.17) is 40.2 Å². The lowest BCUT2D eigenvalue weighted by Crippen LogP contribution is -2.29. The van der Waals surface area contributed by atoms with Crippen LogP contribution in [0.4, 0.5) is 0 Å². The van der Waals surface area contributed by atoms with Gasteiger partial charge in [-0.1, -0.05) is 53.2 Å². The maximum absolute atomic E-state index is 12.3. The molecule has 0 radical (unpaired) electrons. The molecule has 1 fully saturated rings. The number of methoxy groups -OCH3 is 1. The van der Waals surface area contributed by atoms with Gasteiger partial charge in [-0.25, -0.2) is 0 Å². The number of amides is 1. The van der Waals surface area contributed by atoms with E-state index in [2.05, 4.69) is 0 Å².